The topological polar surface area (TPSA) is 63.1 Å². The third-order valence-corrected chi connectivity index (χ3v) is 4.36. The minimum atomic E-state index is -0.0993. The fourth-order valence-corrected chi connectivity index (χ4v) is 2.78. The van der Waals surface area contributed by atoms with E-state index >= 15 is 0 Å². The molecule has 5 nitrogen and oxygen atoms in total. The first-order chi connectivity index (χ1) is 11.2. The maximum Gasteiger partial charge on any atom is 0.239 e. The van der Waals surface area contributed by atoms with Gasteiger partial charge in [0.15, 0.2) is 5.17 Å². The lowest BCUT2D eigenvalue weighted by Crippen LogP contribution is -2.23. The van der Waals surface area contributed by atoms with E-state index in [0.717, 1.165) is 24.3 Å². The van der Waals surface area contributed by atoms with E-state index in [0.29, 0.717) is 5.17 Å². The summed E-state index contributed by atoms with van der Waals surface area (Å²) in [5.41, 5.74) is 0.940. The molecular formula is C17H23N3O2S. The van der Waals surface area contributed by atoms with Crippen LogP contribution in [0.4, 0.5) is 0 Å². The Morgan fingerprint density at radius 3 is 2.70 bits per heavy atom. The summed E-state index contributed by atoms with van der Waals surface area (Å²) >= 11 is 1.38. The quantitative estimate of drug-likeness (QED) is 0.449. The predicted molar refractivity (Wildman–Crippen MR) is 96.3 cm³/mol. The molecule has 1 aromatic carbocycles. The molecule has 0 aliphatic carbocycles. The summed E-state index contributed by atoms with van der Waals surface area (Å²) in [5, 5.41) is 11.1. The van der Waals surface area contributed by atoms with Crippen molar-refractivity contribution in [1.82, 2.24) is 5.32 Å². The van der Waals surface area contributed by atoms with Gasteiger partial charge in [0.2, 0.25) is 5.91 Å². The number of nitrogens with one attached hydrogen (secondary N) is 1. The van der Waals surface area contributed by atoms with Gasteiger partial charge in [-0.15, -0.1) is 5.10 Å². The zero-order chi connectivity index (χ0) is 16.5. The van der Waals surface area contributed by atoms with Crippen molar-refractivity contribution in [3.8, 4) is 5.75 Å². The number of amidine groups is 1. The minimum absolute atomic E-state index is 0.0237. The van der Waals surface area contributed by atoms with Crippen molar-refractivity contribution in [2.75, 3.05) is 6.61 Å². The molecule has 1 aliphatic rings. The van der Waals surface area contributed by atoms with Gasteiger partial charge in [-0.05, 0) is 43.2 Å². The van der Waals surface area contributed by atoms with Gasteiger partial charge in [0.25, 0.3) is 0 Å². The Bertz CT molecular complexity index is 570. The second-order valence-corrected chi connectivity index (χ2v) is 6.71. The average Bonchev–Trinajstić information content (AvgIpc) is 2.87. The Morgan fingerprint density at radius 1 is 1.26 bits per heavy atom. The molecule has 1 atom stereocenters. The van der Waals surface area contributed by atoms with E-state index < -0.39 is 0 Å². The van der Waals surface area contributed by atoms with E-state index in [-0.39, 0.29) is 11.2 Å². The number of carbonyl (C=O) groups is 1. The van der Waals surface area contributed by atoms with Crippen LogP contribution in [0.3, 0.4) is 0 Å². The molecule has 2 rings (SSSR count). The second-order valence-electron chi connectivity index (χ2n) is 5.38. The summed E-state index contributed by atoms with van der Waals surface area (Å²) in [6.07, 6.45) is 6.47. The molecule has 6 heteroatoms. The summed E-state index contributed by atoms with van der Waals surface area (Å²) in [4.78, 5) is 11.3. The van der Waals surface area contributed by atoms with Gasteiger partial charge in [0.1, 0.15) is 5.75 Å². The number of carbonyl (C=O) groups excluding carboxylic acids is 1. The molecular weight excluding hydrogens is 310 g/mol. The Morgan fingerprint density at radius 2 is 2.04 bits per heavy atom. The van der Waals surface area contributed by atoms with E-state index in [1.54, 1.807) is 6.21 Å². The fourth-order valence-electron chi connectivity index (χ4n) is 2.02. The normalized spacial score (nSPS) is 19.5. The number of nitrogens with zero attached hydrogens (tertiary/aromatic N) is 2. The van der Waals surface area contributed by atoms with E-state index in [2.05, 4.69) is 22.4 Å². The number of hydrogen-bond donors (Lipinski definition) is 1. The molecule has 0 saturated carbocycles. The van der Waals surface area contributed by atoms with Crippen molar-refractivity contribution in [1.29, 1.82) is 0 Å². The van der Waals surface area contributed by atoms with Gasteiger partial charge in [-0.1, -0.05) is 37.9 Å². The maximum atomic E-state index is 11.3. The van der Waals surface area contributed by atoms with Gasteiger partial charge >= 0.3 is 0 Å². The van der Waals surface area contributed by atoms with Gasteiger partial charge in [-0.3, -0.25) is 4.79 Å². The zero-order valence-electron chi connectivity index (χ0n) is 13.6. The lowest BCUT2D eigenvalue weighted by atomic mass is 10.2. The fraction of sp³-hybridized carbons (Fsp3) is 0.471. The molecule has 1 unspecified atom stereocenters. The number of hydrogen-bond acceptors (Lipinski definition) is 5. The van der Waals surface area contributed by atoms with Crippen molar-refractivity contribution in [3.63, 3.8) is 0 Å². The Kier molecular flexibility index (Phi) is 7.13. The van der Waals surface area contributed by atoms with Crippen LogP contribution in [-0.4, -0.2) is 29.1 Å². The largest absolute Gasteiger partial charge is 0.494 e. The van der Waals surface area contributed by atoms with Crippen LogP contribution in [0.15, 0.2) is 34.5 Å². The molecule has 1 aromatic rings. The predicted octanol–water partition coefficient (Wildman–Crippen LogP) is 3.59. The minimum Gasteiger partial charge on any atom is -0.494 e. The van der Waals surface area contributed by atoms with Gasteiger partial charge in [-0.25, -0.2) is 0 Å². The summed E-state index contributed by atoms with van der Waals surface area (Å²) in [6, 6.07) is 7.74. The van der Waals surface area contributed by atoms with E-state index in [1.807, 2.05) is 31.2 Å². The van der Waals surface area contributed by atoms with Crippen LogP contribution in [0.2, 0.25) is 0 Å². The summed E-state index contributed by atoms with van der Waals surface area (Å²) in [6.45, 7) is 4.80. The first-order valence-electron chi connectivity index (χ1n) is 8.00. The van der Waals surface area contributed by atoms with Crippen LogP contribution in [0.25, 0.3) is 0 Å². The standard InChI is InChI=1S/C17H23N3O2S/c1-3-4-5-6-11-22-15-9-7-14(8-10-15)12-18-20-17-19-16(21)13(2)23-17/h7-10,12-13H,3-6,11H2,1-2H3,(H,19,20,21). The van der Waals surface area contributed by atoms with Crippen molar-refractivity contribution in [3.05, 3.63) is 29.8 Å². The van der Waals surface area contributed by atoms with E-state index in [1.165, 1.54) is 31.0 Å². The smallest absolute Gasteiger partial charge is 0.239 e. The molecule has 1 saturated heterocycles. The van der Waals surface area contributed by atoms with Gasteiger partial charge in [-0.2, -0.15) is 5.10 Å². The van der Waals surface area contributed by atoms with Crippen LogP contribution < -0.4 is 10.1 Å². The lowest BCUT2D eigenvalue weighted by Gasteiger charge is -2.05. The summed E-state index contributed by atoms with van der Waals surface area (Å²) in [5.74, 6) is 0.849. The zero-order valence-corrected chi connectivity index (χ0v) is 14.4. The van der Waals surface area contributed by atoms with Gasteiger partial charge in [0, 0.05) is 0 Å². The number of benzene rings is 1. The Labute approximate surface area is 141 Å². The molecule has 1 N–H and O–H groups in total. The number of unbranched alkanes of at least 4 members (excludes halogenated alkanes) is 3. The molecule has 0 radical (unpaired) electrons. The van der Waals surface area contributed by atoms with Crippen LogP contribution in [0.5, 0.6) is 5.75 Å². The first kappa shape index (κ1) is 17.5. The highest BCUT2D eigenvalue weighted by atomic mass is 32.2. The van der Waals surface area contributed by atoms with Crippen LogP contribution >= 0.6 is 11.8 Å². The molecule has 0 spiro atoms. The number of ether oxygens (including phenoxy) is 1. The molecule has 0 bridgehead atoms. The third kappa shape index (κ3) is 6.06. The molecule has 0 aromatic heterocycles. The molecule has 1 fully saturated rings. The monoisotopic (exact) mass is 333 g/mol. The summed E-state index contributed by atoms with van der Waals surface area (Å²) in [7, 11) is 0. The summed E-state index contributed by atoms with van der Waals surface area (Å²) < 4.78 is 5.69. The SMILES string of the molecule is CCCCCCOc1ccc(C=NN=C2NC(=O)C(C)S2)cc1. The van der Waals surface area contributed by atoms with Gasteiger partial charge < -0.3 is 10.1 Å². The number of rotatable bonds is 8. The highest BCUT2D eigenvalue weighted by Crippen LogP contribution is 2.18. The third-order valence-electron chi connectivity index (χ3n) is 3.39. The van der Waals surface area contributed by atoms with Crippen LogP contribution in [0.1, 0.15) is 45.1 Å². The molecule has 23 heavy (non-hydrogen) atoms. The molecule has 124 valence electrons. The number of thioether (sulfide) groups is 1. The van der Waals surface area contributed by atoms with Crippen molar-refractivity contribution < 1.29 is 9.53 Å². The van der Waals surface area contributed by atoms with Crippen LogP contribution in [-0.2, 0) is 4.79 Å². The van der Waals surface area contributed by atoms with Gasteiger partial charge in [0.05, 0.1) is 18.1 Å². The Balaban J connectivity index is 1.77. The molecule has 1 heterocycles. The van der Waals surface area contributed by atoms with Crippen LogP contribution in [0, 0.1) is 0 Å². The maximum absolute atomic E-state index is 11.3. The average molecular weight is 333 g/mol. The van der Waals surface area contributed by atoms with Crippen molar-refractivity contribution >= 4 is 29.1 Å². The van der Waals surface area contributed by atoms with Crippen molar-refractivity contribution in [2.45, 2.75) is 44.8 Å². The first-order valence-corrected chi connectivity index (χ1v) is 8.88. The molecule has 1 aliphatic heterocycles. The highest BCUT2D eigenvalue weighted by Gasteiger charge is 2.25. The number of amides is 1. The van der Waals surface area contributed by atoms with Crippen molar-refractivity contribution in [2.24, 2.45) is 10.2 Å². The second kappa shape index (κ2) is 9.35. The Hall–Kier alpha value is -1.82. The lowest BCUT2D eigenvalue weighted by molar-refractivity contribution is -0.118. The van der Waals surface area contributed by atoms with E-state index in [4.69, 9.17) is 4.74 Å². The molecule has 1 amide bonds. The highest BCUT2D eigenvalue weighted by molar-refractivity contribution is 8.15. The van der Waals surface area contributed by atoms with E-state index in [9.17, 15) is 4.79 Å².